The molecule has 1 aliphatic carbocycles. The number of piperidine rings is 1. The third kappa shape index (κ3) is 3.83. The zero-order valence-corrected chi connectivity index (χ0v) is 13.9. The van der Waals surface area contributed by atoms with Crippen molar-refractivity contribution in [3.8, 4) is 5.69 Å². The molecule has 1 aliphatic heterocycles. The number of nitrogens with one attached hydrogen (secondary N) is 1. The van der Waals surface area contributed by atoms with Gasteiger partial charge in [0.2, 0.25) is 0 Å². The van der Waals surface area contributed by atoms with Gasteiger partial charge in [-0.05, 0) is 49.2 Å². The van der Waals surface area contributed by atoms with Crippen LogP contribution in [0.1, 0.15) is 11.6 Å². The Labute approximate surface area is 150 Å². The molecule has 0 bridgehead atoms. The van der Waals surface area contributed by atoms with Gasteiger partial charge in [-0.2, -0.15) is 18.3 Å². The van der Waals surface area contributed by atoms with Crippen molar-refractivity contribution < 1.29 is 27.5 Å². The summed E-state index contributed by atoms with van der Waals surface area (Å²) in [5.41, 5.74) is 1.84. The highest BCUT2D eigenvalue weighted by molar-refractivity contribution is 6.32. The maximum atomic E-state index is 13.0. The Morgan fingerprint density at radius 3 is 2.42 bits per heavy atom. The highest BCUT2D eigenvalue weighted by atomic mass is 35.5. The topological polar surface area (TPSA) is 67.2 Å². The van der Waals surface area contributed by atoms with E-state index in [1.54, 1.807) is 10.7 Å². The number of nitrogens with zero attached hydrogens (tertiary/aromatic N) is 2. The summed E-state index contributed by atoms with van der Waals surface area (Å²) in [7, 11) is 0. The van der Waals surface area contributed by atoms with Crippen LogP contribution in [-0.4, -0.2) is 40.1 Å². The zero-order valence-electron chi connectivity index (χ0n) is 13.2. The van der Waals surface area contributed by atoms with Crippen LogP contribution in [0.3, 0.4) is 0 Å². The van der Waals surface area contributed by atoms with Gasteiger partial charge < -0.3 is 10.4 Å². The van der Waals surface area contributed by atoms with E-state index in [4.69, 9.17) is 21.5 Å². The Bertz CT molecular complexity index is 814. The van der Waals surface area contributed by atoms with E-state index in [0.29, 0.717) is 10.9 Å². The van der Waals surface area contributed by atoms with E-state index in [1.807, 2.05) is 12.3 Å². The Hall–Kier alpha value is -2.13. The monoisotopic (exact) mass is 391 g/mol. The summed E-state index contributed by atoms with van der Waals surface area (Å²) >= 11 is 6.05. The number of halogens is 5. The lowest BCUT2D eigenvalue weighted by molar-refractivity contribution is -0.192. The van der Waals surface area contributed by atoms with Gasteiger partial charge in [0.25, 0.3) is 0 Å². The van der Waals surface area contributed by atoms with Gasteiger partial charge in [0.15, 0.2) is 0 Å². The van der Waals surface area contributed by atoms with Gasteiger partial charge >= 0.3 is 12.1 Å². The first-order valence-corrected chi connectivity index (χ1v) is 8.08. The Kier molecular flexibility index (Phi) is 4.94. The second-order valence-corrected chi connectivity index (χ2v) is 6.50. The predicted octanol–water partition coefficient (Wildman–Crippen LogP) is 3.23. The molecule has 2 heterocycles. The van der Waals surface area contributed by atoms with Crippen molar-refractivity contribution >= 4 is 17.6 Å². The van der Waals surface area contributed by atoms with Crippen LogP contribution in [0.2, 0.25) is 5.02 Å². The number of carboxylic acid groups (broad SMARTS) is 1. The third-order valence-electron chi connectivity index (χ3n) is 4.44. The quantitative estimate of drug-likeness (QED) is 0.771. The lowest BCUT2D eigenvalue weighted by Crippen LogP contribution is -2.21. The molecule has 1 unspecified atom stereocenters. The minimum absolute atomic E-state index is 0.330. The van der Waals surface area contributed by atoms with E-state index < -0.39 is 12.1 Å². The molecular weight excluding hydrogens is 378 g/mol. The van der Waals surface area contributed by atoms with Crippen molar-refractivity contribution in [2.45, 2.75) is 12.1 Å². The van der Waals surface area contributed by atoms with Crippen LogP contribution in [0.15, 0.2) is 30.5 Å². The van der Waals surface area contributed by atoms with Crippen molar-refractivity contribution in [1.82, 2.24) is 15.1 Å². The Morgan fingerprint density at radius 2 is 1.88 bits per heavy atom. The molecule has 2 aliphatic rings. The van der Waals surface area contributed by atoms with Crippen molar-refractivity contribution in [3.05, 3.63) is 47.0 Å². The molecule has 0 radical (unpaired) electrons. The first-order chi connectivity index (χ1) is 12.2. The number of benzene rings is 1. The van der Waals surface area contributed by atoms with E-state index in [1.165, 1.54) is 12.1 Å². The van der Waals surface area contributed by atoms with Crippen LogP contribution in [0, 0.1) is 17.7 Å². The van der Waals surface area contributed by atoms with Gasteiger partial charge in [0, 0.05) is 12.1 Å². The van der Waals surface area contributed by atoms with Gasteiger partial charge in [0.05, 0.1) is 16.4 Å². The van der Waals surface area contributed by atoms with Crippen molar-refractivity contribution in [2.75, 3.05) is 13.1 Å². The summed E-state index contributed by atoms with van der Waals surface area (Å²) in [5.74, 6) is -1.02. The molecule has 5 nitrogen and oxygen atoms in total. The van der Waals surface area contributed by atoms with Gasteiger partial charge in [0.1, 0.15) is 5.82 Å². The molecule has 3 atom stereocenters. The summed E-state index contributed by atoms with van der Waals surface area (Å²) in [5, 5.41) is 15.5. The first kappa shape index (κ1) is 18.7. The molecule has 1 aromatic carbocycles. The van der Waals surface area contributed by atoms with Crippen LogP contribution >= 0.6 is 11.6 Å². The summed E-state index contributed by atoms with van der Waals surface area (Å²) in [4.78, 5) is 8.90. The summed E-state index contributed by atoms with van der Waals surface area (Å²) in [6.45, 7) is 2.19. The highest BCUT2D eigenvalue weighted by Crippen LogP contribution is 2.55. The lowest BCUT2D eigenvalue weighted by Gasteiger charge is -2.04. The number of fused-ring (bicyclic) bond motifs is 1. The average Bonchev–Trinajstić information content (AvgIpc) is 2.94. The number of alkyl halides is 3. The van der Waals surface area contributed by atoms with E-state index in [2.05, 4.69) is 10.4 Å². The molecule has 10 heteroatoms. The van der Waals surface area contributed by atoms with Crippen LogP contribution in [-0.2, 0) is 4.79 Å². The fraction of sp³-hybridized carbons (Fsp3) is 0.375. The minimum atomic E-state index is -5.08. The number of carboxylic acids is 1. The molecule has 0 spiro atoms. The number of hydrogen-bond donors (Lipinski definition) is 2. The van der Waals surface area contributed by atoms with E-state index in [9.17, 15) is 17.6 Å². The number of rotatable bonds is 2. The fourth-order valence-corrected chi connectivity index (χ4v) is 3.43. The van der Waals surface area contributed by atoms with Crippen molar-refractivity contribution in [1.29, 1.82) is 0 Å². The summed E-state index contributed by atoms with van der Waals surface area (Å²) < 4.78 is 46.5. The zero-order chi connectivity index (χ0) is 19.1. The number of aliphatic carboxylic acids is 1. The second kappa shape index (κ2) is 6.88. The molecule has 1 saturated carbocycles. The van der Waals surface area contributed by atoms with Crippen LogP contribution in [0.4, 0.5) is 17.6 Å². The standard InChI is InChI=1S/C14H13ClFN3.C2HF3O2/c15-11-5-8(16)1-2-13(11)19-4-3-12(18-19)14-9-6-17-7-10(9)14;3-2(4,5)1(6)7/h1-5,9-10,14,17H,6-7H2;(H,6,7)/t9-,10+,14?;. The molecule has 1 saturated heterocycles. The largest absolute Gasteiger partial charge is 0.490 e. The Morgan fingerprint density at radius 1 is 1.27 bits per heavy atom. The first-order valence-electron chi connectivity index (χ1n) is 7.70. The summed E-state index contributed by atoms with van der Waals surface area (Å²) in [6, 6.07) is 6.42. The molecule has 2 fully saturated rings. The Balaban J connectivity index is 0.000000242. The van der Waals surface area contributed by atoms with E-state index in [0.717, 1.165) is 36.3 Å². The maximum absolute atomic E-state index is 13.0. The van der Waals surface area contributed by atoms with Gasteiger partial charge in [-0.1, -0.05) is 11.6 Å². The number of aromatic nitrogens is 2. The smallest absolute Gasteiger partial charge is 0.475 e. The second-order valence-electron chi connectivity index (χ2n) is 6.10. The van der Waals surface area contributed by atoms with Crippen LogP contribution < -0.4 is 5.32 Å². The van der Waals surface area contributed by atoms with Crippen molar-refractivity contribution in [2.24, 2.45) is 11.8 Å². The molecule has 2 N–H and O–H groups in total. The van der Waals surface area contributed by atoms with Crippen molar-refractivity contribution in [3.63, 3.8) is 0 Å². The van der Waals surface area contributed by atoms with Gasteiger partial charge in [-0.3, -0.25) is 0 Å². The molecule has 2 aromatic rings. The van der Waals surface area contributed by atoms with Crippen LogP contribution in [0.25, 0.3) is 5.69 Å². The third-order valence-corrected chi connectivity index (χ3v) is 4.74. The normalized spacial score (nSPS) is 23.8. The molecular formula is C16H14ClF4N3O2. The molecule has 1 aromatic heterocycles. The van der Waals surface area contributed by atoms with Gasteiger partial charge in [-0.15, -0.1) is 0 Å². The number of carbonyl (C=O) groups is 1. The minimum Gasteiger partial charge on any atom is -0.475 e. The lowest BCUT2D eigenvalue weighted by atomic mass is 10.2. The van der Waals surface area contributed by atoms with Gasteiger partial charge in [-0.25, -0.2) is 13.9 Å². The molecule has 140 valence electrons. The average molecular weight is 392 g/mol. The van der Waals surface area contributed by atoms with Crippen LogP contribution in [0.5, 0.6) is 0 Å². The predicted molar refractivity (Wildman–Crippen MR) is 84.8 cm³/mol. The SMILES string of the molecule is Fc1ccc(-n2ccc(C3[C@H]4CNC[C@@H]34)n2)c(Cl)c1.O=C(O)C(F)(F)F. The number of hydrogen-bond acceptors (Lipinski definition) is 3. The van der Waals surface area contributed by atoms with E-state index >= 15 is 0 Å². The molecule has 26 heavy (non-hydrogen) atoms. The molecule has 4 rings (SSSR count). The van der Waals surface area contributed by atoms with E-state index in [-0.39, 0.29) is 5.82 Å². The highest BCUT2D eigenvalue weighted by Gasteiger charge is 2.54. The molecule has 0 amide bonds. The summed E-state index contributed by atoms with van der Waals surface area (Å²) in [6.07, 6.45) is -3.18. The maximum Gasteiger partial charge on any atom is 0.490 e. The fourth-order valence-electron chi connectivity index (χ4n) is 3.17.